The number of carboxylic acid groups (broad SMARTS) is 1. The molecule has 0 aliphatic carbocycles. The number of benzene rings is 1. The molecule has 0 radical (unpaired) electrons. The molecule has 0 spiro atoms. The average molecular weight is 363 g/mol. The van der Waals surface area contributed by atoms with E-state index in [2.05, 4.69) is 26.1 Å². The predicted octanol–water partition coefficient (Wildman–Crippen LogP) is 3.75. The summed E-state index contributed by atoms with van der Waals surface area (Å²) in [7, 11) is 0. The van der Waals surface area contributed by atoms with Crippen molar-refractivity contribution in [2.75, 3.05) is 0 Å². The van der Waals surface area contributed by atoms with Crippen LogP contribution in [0.3, 0.4) is 0 Å². The molecule has 1 heterocycles. The Labute approximate surface area is 124 Å². The molecular formula is C12H6BrF3N2O3. The van der Waals surface area contributed by atoms with Crippen molar-refractivity contribution in [3.05, 3.63) is 46.1 Å². The third kappa shape index (κ3) is 3.69. The summed E-state index contributed by atoms with van der Waals surface area (Å²) in [6.07, 6.45) is -4.60. The van der Waals surface area contributed by atoms with E-state index in [1.807, 2.05) is 0 Å². The Morgan fingerprint density at radius 3 is 2.43 bits per heavy atom. The van der Waals surface area contributed by atoms with Gasteiger partial charge in [-0.15, -0.1) is 10.2 Å². The van der Waals surface area contributed by atoms with Gasteiger partial charge in [0.05, 0.1) is 0 Å². The quantitative estimate of drug-likeness (QED) is 0.900. The van der Waals surface area contributed by atoms with Gasteiger partial charge in [-0.2, -0.15) is 13.2 Å². The van der Waals surface area contributed by atoms with Gasteiger partial charge in [0.2, 0.25) is 5.88 Å². The molecule has 5 nitrogen and oxygen atoms in total. The molecule has 21 heavy (non-hydrogen) atoms. The molecule has 0 amide bonds. The van der Waals surface area contributed by atoms with Gasteiger partial charge in [0.1, 0.15) is 11.3 Å². The van der Waals surface area contributed by atoms with E-state index < -0.39 is 17.8 Å². The maximum atomic E-state index is 12.3. The number of carbonyl (C=O) groups is 1. The van der Waals surface area contributed by atoms with Crippen LogP contribution in [0.2, 0.25) is 0 Å². The van der Waals surface area contributed by atoms with Crippen LogP contribution in [0.25, 0.3) is 0 Å². The fourth-order valence-electron chi connectivity index (χ4n) is 1.40. The Balaban J connectivity index is 2.28. The van der Waals surface area contributed by atoms with Crippen LogP contribution in [0.1, 0.15) is 16.1 Å². The topological polar surface area (TPSA) is 72.3 Å². The van der Waals surface area contributed by atoms with Gasteiger partial charge in [-0.3, -0.25) is 0 Å². The number of rotatable bonds is 3. The minimum absolute atomic E-state index is 0.0558. The number of nitrogens with zero attached hydrogens (tertiary/aromatic N) is 2. The molecule has 0 saturated heterocycles. The lowest BCUT2D eigenvalue weighted by atomic mass is 10.2. The van der Waals surface area contributed by atoms with Crippen molar-refractivity contribution < 1.29 is 27.8 Å². The van der Waals surface area contributed by atoms with Crippen LogP contribution in [0.15, 0.2) is 34.8 Å². The molecule has 0 aliphatic rings. The highest BCUT2D eigenvalue weighted by Gasteiger charge is 2.33. The van der Waals surface area contributed by atoms with Crippen LogP contribution >= 0.6 is 15.9 Å². The average Bonchev–Trinajstić information content (AvgIpc) is 2.40. The molecule has 0 atom stereocenters. The monoisotopic (exact) mass is 362 g/mol. The SMILES string of the molecule is O=C(O)c1cc(Br)ccc1Oc1ccc(C(F)(F)F)nn1. The lowest BCUT2D eigenvalue weighted by Crippen LogP contribution is -2.09. The first-order chi connectivity index (χ1) is 9.77. The number of ether oxygens (including phenoxy) is 1. The number of hydrogen-bond acceptors (Lipinski definition) is 4. The largest absolute Gasteiger partial charge is 0.478 e. The van der Waals surface area contributed by atoms with Gasteiger partial charge in [-0.05, 0) is 24.3 Å². The summed E-state index contributed by atoms with van der Waals surface area (Å²) in [6, 6.07) is 5.84. The van der Waals surface area contributed by atoms with E-state index in [4.69, 9.17) is 9.84 Å². The Morgan fingerprint density at radius 2 is 1.90 bits per heavy atom. The fraction of sp³-hybridized carbons (Fsp3) is 0.0833. The van der Waals surface area contributed by atoms with Gasteiger partial charge in [-0.1, -0.05) is 15.9 Å². The predicted molar refractivity (Wildman–Crippen MR) is 68.2 cm³/mol. The van der Waals surface area contributed by atoms with Gasteiger partial charge in [0, 0.05) is 10.5 Å². The zero-order valence-corrected chi connectivity index (χ0v) is 11.6. The zero-order valence-electron chi connectivity index (χ0n) is 10.1. The highest BCUT2D eigenvalue weighted by Crippen LogP contribution is 2.30. The first-order valence-corrected chi connectivity index (χ1v) is 6.18. The van der Waals surface area contributed by atoms with E-state index in [1.54, 1.807) is 0 Å². The molecular weight excluding hydrogens is 357 g/mol. The van der Waals surface area contributed by atoms with Gasteiger partial charge in [-0.25, -0.2) is 4.79 Å². The number of hydrogen-bond donors (Lipinski definition) is 1. The van der Waals surface area contributed by atoms with E-state index >= 15 is 0 Å². The van der Waals surface area contributed by atoms with E-state index in [0.29, 0.717) is 10.5 Å². The minimum Gasteiger partial charge on any atom is -0.478 e. The van der Waals surface area contributed by atoms with E-state index in [-0.39, 0.29) is 17.2 Å². The van der Waals surface area contributed by atoms with Crippen molar-refractivity contribution in [1.82, 2.24) is 10.2 Å². The fourth-order valence-corrected chi connectivity index (χ4v) is 1.76. The molecule has 9 heteroatoms. The van der Waals surface area contributed by atoms with Crippen molar-refractivity contribution in [2.24, 2.45) is 0 Å². The summed E-state index contributed by atoms with van der Waals surface area (Å²) in [6.45, 7) is 0. The standard InChI is InChI=1S/C12H6BrF3N2O3/c13-6-1-2-8(7(5-6)11(19)20)21-10-4-3-9(17-18-10)12(14,15)16/h1-5H,(H,19,20). The highest BCUT2D eigenvalue weighted by molar-refractivity contribution is 9.10. The van der Waals surface area contributed by atoms with Crippen LogP contribution < -0.4 is 4.74 Å². The maximum absolute atomic E-state index is 12.3. The van der Waals surface area contributed by atoms with Gasteiger partial charge >= 0.3 is 12.1 Å². The van der Waals surface area contributed by atoms with Crippen molar-refractivity contribution in [2.45, 2.75) is 6.18 Å². The summed E-state index contributed by atoms with van der Waals surface area (Å²) in [4.78, 5) is 11.1. The highest BCUT2D eigenvalue weighted by atomic mass is 79.9. The van der Waals surface area contributed by atoms with Crippen molar-refractivity contribution in [3.8, 4) is 11.6 Å². The molecule has 0 saturated carbocycles. The number of aromatic carboxylic acids is 1. The van der Waals surface area contributed by atoms with Crippen molar-refractivity contribution in [3.63, 3.8) is 0 Å². The molecule has 110 valence electrons. The maximum Gasteiger partial charge on any atom is 0.435 e. The summed E-state index contributed by atoms with van der Waals surface area (Å²) >= 11 is 3.11. The van der Waals surface area contributed by atoms with Crippen molar-refractivity contribution in [1.29, 1.82) is 0 Å². The Kier molecular flexibility index (Phi) is 4.12. The van der Waals surface area contributed by atoms with E-state index in [0.717, 1.165) is 6.07 Å². The van der Waals surface area contributed by atoms with Crippen LogP contribution in [0.5, 0.6) is 11.6 Å². The van der Waals surface area contributed by atoms with Crippen LogP contribution in [-0.4, -0.2) is 21.3 Å². The second kappa shape index (κ2) is 5.68. The number of aromatic nitrogens is 2. The lowest BCUT2D eigenvalue weighted by molar-refractivity contribution is -0.141. The molecule has 2 rings (SSSR count). The molecule has 0 fully saturated rings. The Hall–Kier alpha value is -2.16. The van der Waals surface area contributed by atoms with Crippen LogP contribution in [0, 0.1) is 0 Å². The van der Waals surface area contributed by atoms with E-state index in [9.17, 15) is 18.0 Å². The number of alkyl halides is 3. The lowest BCUT2D eigenvalue weighted by Gasteiger charge is -2.09. The molecule has 0 bridgehead atoms. The smallest absolute Gasteiger partial charge is 0.435 e. The van der Waals surface area contributed by atoms with Crippen LogP contribution in [-0.2, 0) is 6.18 Å². The Bertz CT molecular complexity index is 674. The third-order valence-corrected chi connectivity index (χ3v) is 2.81. The second-order valence-corrected chi connectivity index (χ2v) is 4.72. The van der Waals surface area contributed by atoms with E-state index in [1.165, 1.54) is 18.2 Å². The molecule has 0 aliphatic heterocycles. The second-order valence-electron chi connectivity index (χ2n) is 3.80. The third-order valence-electron chi connectivity index (χ3n) is 2.32. The minimum atomic E-state index is -4.60. The van der Waals surface area contributed by atoms with Crippen LogP contribution in [0.4, 0.5) is 13.2 Å². The summed E-state index contributed by atoms with van der Waals surface area (Å²) in [5, 5.41) is 15.3. The zero-order chi connectivity index (χ0) is 15.6. The molecule has 0 unspecified atom stereocenters. The summed E-state index contributed by atoms with van der Waals surface area (Å²) in [5.74, 6) is -1.54. The van der Waals surface area contributed by atoms with Gasteiger partial charge < -0.3 is 9.84 Å². The number of carboxylic acids is 1. The molecule has 1 aromatic carbocycles. The van der Waals surface area contributed by atoms with Crippen molar-refractivity contribution >= 4 is 21.9 Å². The normalized spacial score (nSPS) is 11.2. The molecule has 1 aromatic heterocycles. The summed E-state index contributed by atoms with van der Waals surface area (Å²) < 4.78 is 42.7. The van der Waals surface area contributed by atoms with Gasteiger partial charge in [0.25, 0.3) is 0 Å². The Morgan fingerprint density at radius 1 is 1.19 bits per heavy atom. The van der Waals surface area contributed by atoms with Gasteiger partial charge in [0.15, 0.2) is 5.69 Å². The summed E-state index contributed by atoms with van der Waals surface area (Å²) in [5.41, 5.74) is -1.32. The first kappa shape index (κ1) is 15.2. The first-order valence-electron chi connectivity index (χ1n) is 5.39. The molecule has 1 N–H and O–H groups in total. The molecule has 2 aromatic rings. The number of halogens is 4.